The zero-order valence-corrected chi connectivity index (χ0v) is 21.5. The highest BCUT2D eigenvalue weighted by atomic mass is 35.5. The number of hydrogen-bond donors (Lipinski definition) is 2. The Morgan fingerprint density at radius 3 is 2.28 bits per heavy atom. The Bertz CT molecular complexity index is 1530. The van der Waals surface area contributed by atoms with Gasteiger partial charge in [-0.05, 0) is 49.1 Å². The number of urea groups is 1. The molecule has 0 bridgehead atoms. The molecule has 6 atom stereocenters. The maximum absolute atomic E-state index is 14.1. The number of nitrogens with zero attached hydrogens (tertiary/aromatic N) is 2. The van der Waals surface area contributed by atoms with Crippen molar-refractivity contribution >= 4 is 58.5 Å². The molecule has 6 unspecified atom stereocenters. The highest BCUT2D eigenvalue weighted by Gasteiger charge is 2.77. The lowest BCUT2D eigenvalue weighted by Gasteiger charge is -2.50. The maximum atomic E-state index is 14.1. The molecule has 6 rings (SSSR count). The number of carbonyl (C=O) groups is 5. The van der Waals surface area contributed by atoms with Crippen LogP contribution in [0.2, 0.25) is 0 Å². The number of allylic oxidation sites excluding steroid dienone is 2. The molecule has 0 radical (unpaired) electrons. The molecule has 1 saturated carbocycles. The molecule has 2 saturated heterocycles. The number of rotatable bonds is 2. The van der Waals surface area contributed by atoms with Gasteiger partial charge in [0.25, 0.3) is 11.8 Å². The van der Waals surface area contributed by atoms with E-state index in [0.29, 0.717) is 10.5 Å². The van der Waals surface area contributed by atoms with Crippen LogP contribution in [0.1, 0.15) is 24.3 Å². The molecular weight excluding hydrogens is 552 g/mol. The second kappa shape index (κ2) is 8.37. The smallest absolute Gasteiger partial charge is 0.328 e. The third-order valence-electron chi connectivity index (χ3n) is 8.36. The first kappa shape index (κ1) is 25.5. The first-order valence-electron chi connectivity index (χ1n) is 12.1. The van der Waals surface area contributed by atoms with Crippen LogP contribution in [0.25, 0.3) is 0 Å². The molecule has 200 valence electrons. The van der Waals surface area contributed by atoms with Crippen LogP contribution in [-0.4, -0.2) is 49.4 Å². The number of aromatic hydroxyl groups is 1. The summed E-state index contributed by atoms with van der Waals surface area (Å²) in [5.41, 5.74) is 6.00. The number of alkyl halides is 2. The lowest BCUT2D eigenvalue weighted by atomic mass is 9.56. The molecule has 39 heavy (non-hydrogen) atoms. The molecule has 12 heteroatoms. The first-order chi connectivity index (χ1) is 18.4. The van der Waals surface area contributed by atoms with Gasteiger partial charge >= 0.3 is 6.03 Å². The predicted molar refractivity (Wildman–Crippen MR) is 136 cm³/mol. The topological polar surface area (TPSA) is 138 Å². The van der Waals surface area contributed by atoms with Crippen molar-refractivity contribution in [3.63, 3.8) is 0 Å². The number of primary amides is 1. The fourth-order valence-corrected chi connectivity index (χ4v) is 7.62. The molecule has 4 aliphatic rings. The van der Waals surface area contributed by atoms with Crippen molar-refractivity contribution in [1.82, 2.24) is 4.90 Å². The zero-order chi connectivity index (χ0) is 28.0. The number of halogens is 3. The van der Waals surface area contributed by atoms with Crippen LogP contribution in [0.15, 0.2) is 60.2 Å². The normalized spacial score (nSPS) is 33.6. The first-order valence-corrected chi connectivity index (χ1v) is 12.9. The fourth-order valence-electron chi connectivity index (χ4n) is 6.69. The number of imide groups is 4. The summed E-state index contributed by atoms with van der Waals surface area (Å²) in [5.74, 6) is -8.23. The van der Waals surface area contributed by atoms with E-state index in [2.05, 4.69) is 0 Å². The van der Waals surface area contributed by atoms with Crippen molar-refractivity contribution < 1.29 is 33.5 Å². The van der Waals surface area contributed by atoms with Crippen molar-refractivity contribution in [3.05, 3.63) is 71.6 Å². The van der Waals surface area contributed by atoms with Gasteiger partial charge in [-0.25, -0.2) is 14.1 Å². The second-order valence-electron chi connectivity index (χ2n) is 10.2. The van der Waals surface area contributed by atoms with Crippen LogP contribution in [-0.2, 0) is 19.2 Å². The van der Waals surface area contributed by atoms with Gasteiger partial charge in [0.05, 0.1) is 17.5 Å². The summed E-state index contributed by atoms with van der Waals surface area (Å²) in [4.78, 5) is 63.2. The van der Waals surface area contributed by atoms with Gasteiger partial charge in [0.15, 0.2) is 9.75 Å². The Morgan fingerprint density at radius 1 is 0.974 bits per heavy atom. The van der Waals surface area contributed by atoms with Crippen LogP contribution >= 0.6 is 23.2 Å². The van der Waals surface area contributed by atoms with E-state index in [9.17, 15) is 33.5 Å². The number of para-hydroxylation sites is 1. The molecule has 2 heterocycles. The van der Waals surface area contributed by atoms with Gasteiger partial charge in [0.1, 0.15) is 11.6 Å². The molecule has 0 aromatic heterocycles. The van der Waals surface area contributed by atoms with Crippen molar-refractivity contribution in [2.45, 2.75) is 28.5 Å². The van der Waals surface area contributed by atoms with E-state index >= 15 is 0 Å². The maximum Gasteiger partial charge on any atom is 0.328 e. The molecule has 3 N–H and O–H groups in total. The van der Waals surface area contributed by atoms with E-state index in [1.54, 1.807) is 18.2 Å². The van der Waals surface area contributed by atoms with Crippen molar-refractivity contribution in [3.8, 4) is 5.75 Å². The number of carbonyl (C=O) groups excluding carboxylic acids is 5. The molecule has 3 fully saturated rings. The number of likely N-dealkylation sites (tertiary alicyclic amines) is 1. The summed E-state index contributed by atoms with van der Waals surface area (Å²) >= 11 is 14.3. The number of amides is 6. The van der Waals surface area contributed by atoms with Crippen LogP contribution in [0, 0.1) is 23.6 Å². The van der Waals surface area contributed by atoms with Crippen LogP contribution in [0.5, 0.6) is 5.75 Å². The fraction of sp³-hybridized carbons (Fsp3) is 0.296. The molecule has 2 aliphatic carbocycles. The Kier molecular flexibility index (Phi) is 5.47. The molecule has 6 amide bonds. The average molecular weight is 572 g/mol. The van der Waals surface area contributed by atoms with Gasteiger partial charge in [-0.15, -0.1) is 23.2 Å². The molecule has 0 spiro atoms. The lowest BCUT2D eigenvalue weighted by Crippen LogP contribution is -2.60. The van der Waals surface area contributed by atoms with Gasteiger partial charge in [-0.2, -0.15) is 4.90 Å². The molecule has 2 aromatic rings. The van der Waals surface area contributed by atoms with E-state index in [1.807, 2.05) is 0 Å². The summed E-state index contributed by atoms with van der Waals surface area (Å²) in [7, 11) is 0. The minimum Gasteiger partial charge on any atom is -0.508 e. The van der Waals surface area contributed by atoms with Gasteiger partial charge in [0.2, 0.25) is 11.8 Å². The monoisotopic (exact) mass is 571 g/mol. The summed E-state index contributed by atoms with van der Waals surface area (Å²) in [6.45, 7) is 0. The average Bonchev–Trinajstić information content (AvgIpc) is 3.24. The SMILES string of the molecule is NC(=O)N1C(=O)C2CC=C3C(CC4(Cl)C(=O)N(c5ccc(F)cc5)C(=O)C4(Cl)C3c3ccccc3O)C2C1=O. The van der Waals surface area contributed by atoms with E-state index in [1.165, 1.54) is 24.3 Å². The Hall–Kier alpha value is -3.76. The minimum absolute atomic E-state index is 0.0405. The number of fused-ring (bicyclic) bond motifs is 4. The van der Waals surface area contributed by atoms with E-state index < -0.39 is 68.9 Å². The summed E-state index contributed by atoms with van der Waals surface area (Å²) in [5, 5.41) is 10.9. The third-order valence-corrected chi connectivity index (χ3v) is 9.78. The van der Waals surface area contributed by atoms with Crippen LogP contribution in [0.3, 0.4) is 0 Å². The number of nitrogens with two attached hydrogens (primary N) is 1. The van der Waals surface area contributed by atoms with Crippen molar-refractivity contribution in [2.24, 2.45) is 23.5 Å². The lowest BCUT2D eigenvalue weighted by molar-refractivity contribution is -0.136. The standard InChI is InChI=1S/C27H20Cl2FN3O6/c28-26-11-17-14(9-10-16-19(17)22(36)33(21(16)35)25(31)39)20(15-3-1-2-4-18(15)34)27(26,29)24(38)32(23(26)37)13-7-5-12(30)6-8-13/h1-9,16-17,19-20,34H,10-11H2,(H2,31,39). The highest BCUT2D eigenvalue weighted by molar-refractivity contribution is 6.58. The van der Waals surface area contributed by atoms with Gasteiger partial charge in [-0.3, -0.25) is 19.2 Å². The van der Waals surface area contributed by atoms with Gasteiger partial charge in [-0.1, -0.05) is 29.8 Å². The number of benzene rings is 2. The number of phenolic OH excluding ortho intramolecular Hbond substituents is 1. The highest BCUT2D eigenvalue weighted by Crippen LogP contribution is 2.66. The number of hydrogen-bond acceptors (Lipinski definition) is 6. The zero-order valence-electron chi connectivity index (χ0n) is 20.0. The molecule has 2 aliphatic heterocycles. The van der Waals surface area contributed by atoms with Gasteiger partial charge < -0.3 is 10.8 Å². The summed E-state index contributed by atoms with van der Waals surface area (Å²) < 4.78 is 13.7. The van der Waals surface area contributed by atoms with Crippen molar-refractivity contribution in [2.75, 3.05) is 4.90 Å². The third kappa shape index (κ3) is 3.15. The Morgan fingerprint density at radius 2 is 1.64 bits per heavy atom. The second-order valence-corrected chi connectivity index (χ2v) is 11.4. The number of anilines is 1. The Balaban J connectivity index is 1.57. The molecular formula is C27H20Cl2FN3O6. The summed E-state index contributed by atoms with van der Waals surface area (Å²) in [6, 6.07) is 9.52. The summed E-state index contributed by atoms with van der Waals surface area (Å²) in [6.07, 6.45) is 1.39. The predicted octanol–water partition coefficient (Wildman–Crippen LogP) is 3.17. The minimum atomic E-state index is -2.16. The molecule has 2 aromatic carbocycles. The largest absolute Gasteiger partial charge is 0.508 e. The van der Waals surface area contributed by atoms with Crippen LogP contribution in [0.4, 0.5) is 14.9 Å². The number of phenols is 1. The van der Waals surface area contributed by atoms with Crippen LogP contribution < -0.4 is 10.6 Å². The van der Waals surface area contributed by atoms with E-state index in [0.717, 1.165) is 17.0 Å². The van der Waals surface area contributed by atoms with E-state index in [4.69, 9.17) is 28.9 Å². The van der Waals surface area contributed by atoms with Gasteiger partial charge in [0, 0.05) is 11.5 Å². The van der Waals surface area contributed by atoms with E-state index in [-0.39, 0.29) is 29.8 Å². The Labute approximate surface area is 230 Å². The molecule has 9 nitrogen and oxygen atoms in total. The quantitative estimate of drug-likeness (QED) is 0.322. The van der Waals surface area contributed by atoms with Crippen molar-refractivity contribution in [1.29, 1.82) is 0 Å².